The van der Waals surface area contributed by atoms with Gasteiger partial charge in [-0.2, -0.15) is 15.3 Å². The van der Waals surface area contributed by atoms with Gasteiger partial charge < -0.3 is 10.2 Å². The fourth-order valence-corrected chi connectivity index (χ4v) is 3.50. The van der Waals surface area contributed by atoms with Crippen LogP contribution in [-0.2, 0) is 4.79 Å². The molecular formula is C20H26N6O2. The van der Waals surface area contributed by atoms with Crippen LogP contribution in [0, 0.1) is 19.3 Å². The zero-order chi connectivity index (χ0) is 20.0. The number of nitrogens with zero attached hydrogens (tertiary/aromatic N) is 5. The topological polar surface area (TPSA) is 99.9 Å². The number of likely N-dealkylation sites (tertiary alicyclic amines) is 1. The first-order valence-electron chi connectivity index (χ1n) is 9.78. The van der Waals surface area contributed by atoms with E-state index in [-0.39, 0.29) is 24.3 Å². The monoisotopic (exact) mass is 382 g/mol. The van der Waals surface area contributed by atoms with Gasteiger partial charge in [-0.15, -0.1) is 17.4 Å². The number of amides is 2. The summed E-state index contributed by atoms with van der Waals surface area (Å²) in [6.07, 6.45) is 10.3. The molecule has 1 aromatic rings. The Labute approximate surface area is 165 Å². The number of aryl methyl sites for hydroxylation is 1. The van der Waals surface area contributed by atoms with Crippen molar-refractivity contribution in [2.24, 2.45) is 10.2 Å². The normalized spacial score (nSPS) is 19.7. The molecule has 1 atom stereocenters. The highest BCUT2D eigenvalue weighted by Crippen LogP contribution is 2.36. The summed E-state index contributed by atoms with van der Waals surface area (Å²) in [5.74, 6) is 2.37. The van der Waals surface area contributed by atoms with E-state index in [9.17, 15) is 9.59 Å². The van der Waals surface area contributed by atoms with Crippen LogP contribution in [0.1, 0.15) is 61.1 Å². The van der Waals surface area contributed by atoms with Crippen molar-refractivity contribution in [1.29, 1.82) is 0 Å². The average Bonchev–Trinajstić information content (AvgIpc) is 3.47. The first kappa shape index (κ1) is 19.9. The minimum atomic E-state index is -0.392. The van der Waals surface area contributed by atoms with Crippen molar-refractivity contribution in [2.75, 3.05) is 13.1 Å². The summed E-state index contributed by atoms with van der Waals surface area (Å²) in [6, 6.07) is 3.35. The van der Waals surface area contributed by atoms with Crippen molar-refractivity contribution in [1.82, 2.24) is 20.4 Å². The van der Waals surface area contributed by atoms with E-state index in [0.717, 1.165) is 31.4 Å². The summed E-state index contributed by atoms with van der Waals surface area (Å²) in [5.41, 5.74) is 0.696. The lowest BCUT2D eigenvalue weighted by molar-refractivity contribution is -0.122. The summed E-state index contributed by atoms with van der Waals surface area (Å²) in [6.45, 7) is 2.97. The molecule has 0 radical (unpaired) electrons. The lowest BCUT2D eigenvalue weighted by Gasteiger charge is -2.35. The van der Waals surface area contributed by atoms with Crippen LogP contribution in [0.3, 0.4) is 0 Å². The maximum Gasteiger partial charge on any atom is 0.274 e. The standard InChI is InChI=1S/C20H26N6O2/c1-3-4-10-20(24-25-20)11-12-21-18(27)14-16-7-5-6-13-26(16)19(28)17-9-8-15(2)22-23-17/h1,8-9,16H,4-7,10-14H2,2H3,(H,21,27). The molecule has 0 aliphatic carbocycles. The van der Waals surface area contributed by atoms with Gasteiger partial charge in [0, 0.05) is 44.8 Å². The predicted molar refractivity (Wildman–Crippen MR) is 103 cm³/mol. The third kappa shape index (κ3) is 5.12. The lowest BCUT2D eigenvalue weighted by atomic mass is 9.98. The van der Waals surface area contributed by atoms with Crippen LogP contribution in [0.2, 0.25) is 0 Å². The molecule has 2 aliphatic heterocycles. The average molecular weight is 382 g/mol. The van der Waals surface area contributed by atoms with E-state index in [1.165, 1.54) is 0 Å². The number of carbonyl (C=O) groups excluding carboxylic acids is 2. The van der Waals surface area contributed by atoms with E-state index >= 15 is 0 Å². The maximum absolute atomic E-state index is 12.8. The van der Waals surface area contributed by atoms with Gasteiger partial charge >= 0.3 is 0 Å². The molecule has 0 saturated carbocycles. The highest BCUT2D eigenvalue weighted by atomic mass is 16.2. The largest absolute Gasteiger partial charge is 0.356 e. The molecule has 28 heavy (non-hydrogen) atoms. The van der Waals surface area contributed by atoms with Gasteiger partial charge in [0.1, 0.15) is 0 Å². The summed E-state index contributed by atoms with van der Waals surface area (Å²) >= 11 is 0. The number of hydrogen-bond acceptors (Lipinski definition) is 6. The molecule has 1 aromatic heterocycles. The van der Waals surface area contributed by atoms with Crippen LogP contribution >= 0.6 is 0 Å². The molecule has 0 spiro atoms. The van der Waals surface area contributed by atoms with Gasteiger partial charge in [-0.3, -0.25) is 9.59 Å². The molecule has 148 valence electrons. The SMILES string of the molecule is C#CCCC1(CCNC(=O)CC2CCCCN2C(=O)c2ccc(C)nn2)N=N1. The number of carbonyl (C=O) groups is 2. The van der Waals surface area contributed by atoms with E-state index in [2.05, 4.69) is 31.7 Å². The minimum absolute atomic E-state index is 0.0626. The highest BCUT2D eigenvalue weighted by molar-refractivity contribution is 5.92. The zero-order valence-corrected chi connectivity index (χ0v) is 16.2. The molecule has 1 N–H and O–H groups in total. The highest BCUT2D eigenvalue weighted by Gasteiger charge is 2.38. The Morgan fingerprint density at radius 2 is 2.11 bits per heavy atom. The predicted octanol–water partition coefficient (Wildman–Crippen LogP) is 2.25. The molecule has 3 rings (SSSR count). The van der Waals surface area contributed by atoms with E-state index < -0.39 is 5.66 Å². The Morgan fingerprint density at radius 1 is 1.29 bits per heavy atom. The molecule has 1 unspecified atom stereocenters. The Hall–Kier alpha value is -2.82. The van der Waals surface area contributed by atoms with Crippen molar-refractivity contribution in [2.45, 2.75) is 63.6 Å². The lowest BCUT2D eigenvalue weighted by Crippen LogP contribution is -2.46. The second-order valence-electron chi connectivity index (χ2n) is 7.40. The summed E-state index contributed by atoms with van der Waals surface area (Å²) in [7, 11) is 0. The van der Waals surface area contributed by atoms with Crippen molar-refractivity contribution in [3.63, 3.8) is 0 Å². The van der Waals surface area contributed by atoms with Crippen LogP contribution in [0.25, 0.3) is 0 Å². The minimum Gasteiger partial charge on any atom is -0.356 e. The number of terminal acetylenes is 1. The van der Waals surface area contributed by atoms with E-state index in [1.54, 1.807) is 17.0 Å². The Morgan fingerprint density at radius 3 is 2.79 bits per heavy atom. The van der Waals surface area contributed by atoms with Gasteiger partial charge in [0.2, 0.25) is 5.91 Å². The van der Waals surface area contributed by atoms with Crippen molar-refractivity contribution in [3.8, 4) is 12.3 Å². The van der Waals surface area contributed by atoms with E-state index in [1.807, 2.05) is 6.92 Å². The fourth-order valence-electron chi connectivity index (χ4n) is 3.50. The number of nitrogens with one attached hydrogen (secondary N) is 1. The molecule has 8 heteroatoms. The van der Waals surface area contributed by atoms with Gasteiger partial charge in [0.25, 0.3) is 5.91 Å². The Balaban J connectivity index is 1.50. The van der Waals surface area contributed by atoms with Crippen molar-refractivity contribution in [3.05, 3.63) is 23.5 Å². The third-order valence-electron chi connectivity index (χ3n) is 5.23. The van der Waals surface area contributed by atoms with Gasteiger partial charge in [0.15, 0.2) is 11.4 Å². The summed E-state index contributed by atoms with van der Waals surface area (Å²) in [5, 5.41) is 19.0. The number of piperidine rings is 1. The fraction of sp³-hybridized carbons (Fsp3) is 0.600. The molecule has 1 saturated heterocycles. The van der Waals surface area contributed by atoms with Crippen molar-refractivity contribution < 1.29 is 9.59 Å². The molecule has 3 heterocycles. The first-order chi connectivity index (χ1) is 13.5. The van der Waals surface area contributed by atoms with E-state index in [4.69, 9.17) is 6.42 Å². The zero-order valence-electron chi connectivity index (χ0n) is 16.2. The molecule has 0 bridgehead atoms. The Bertz CT molecular complexity index is 777. The summed E-state index contributed by atoms with van der Waals surface area (Å²) in [4.78, 5) is 27.0. The maximum atomic E-state index is 12.8. The van der Waals surface area contributed by atoms with Gasteiger partial charge in [-0.1, -0.05) is 0 Å². The van der Waals surface area contributed by atoms with Crippen LogP contribution in [-0.4, -0.2) is 51.7 Å². The molecular weight excluding hydrogens is 356 g/mol. The number of aromatic nitrogens is 2. The molecule has 0 aromatic carbocycles. The van der Waals surface area contributed by atoms with Crippen LogP contribution in [0.5, 0.6) is 0 Å². The van der Waals surface area contributed by atoms with Crippen molar-refractivity contribution >= 4 is 11.8 Å². The van der Waals surface area contributed by atoms with Crippen LogP contribution in [0.15, 0.2) is 22.4 Å². The molecule has 2 aliphatic rings. The quantitative estimate of drug-likeness (QED) is 0.697. The second kappa shape index (κ2) is 8.91. The molecule has 2 amide bonds. The number of hydrogen-bond donors (Lipinski definition) is 1. The van der Waals surface area contributed by atoms with Crippen LogP contribution < -0.4 is 5.32 Å². The molecule has 8 nitrogen and oxygen atoms in total. The third-order valence-corrected chi connectivity index (χ3v) is 5.23. The van der Waals surface area contributed by atoms with E-state index in [0.29, 0.717) is 31.6 Å². The second-order valence-corrected chi connectivity index (χ2v) is 7.40. The van der Waals surface area contributed by atoms with Crippen LogP contribution in [0.4, 0.5) is 0 Å². The Kier molecular flexibility index (Phi) is 6.34. The molecule has 1 fully saturated rings. The number of rotatable bonds is 8. The smallest absolute Gasteiger partial charge is 0.274 e. The van der Waals surface area contributed by atoms with Gasteiger partial charge in [0.05, 0.1) is 5.69 Å². The van der Waals surface area contributed by atoms with Gasteiger partial charge in [-0.25, -0.2) is 0 Å². The first-order valence-corrected chi connectivity index (χ1v) is 9.78. The van der Waals surface area contributed by atoms with Gasteiger partial charge in [-0.05, 0) is 38.3 Å². The summed E-state index contributed by atoms with van der Waals surface area (Å²) < 4.78 is 0.